The highest BCUT2D eigenvalue weighted by Crippen LogP contribution is 2.38. The number of nitro groups is 1. The lowest BCUT2D eigenvalue weighted by molar-refractivity contribution is -0.385. The molecule has 0 aliphatic carbocycles. The van der Waals surface area contributed by atoms with Crippen LogP contribution in [0, 0.1) is 21.4 Å². The van der Waals surface area contributed by atoms with E-state index in [-0.39, 0.29) is 18.9 Å². The van der Waals surface area contributed by atoms with Crippen LogP contribution in [0.5, 0.6) is 0 Å². The summed E-state index contributed by atoms with van der Waals surface area (Å²) in [5, 5.41) is 20.6. The largest absolute Gasteiger partial charge is 0.598 e. The van der Waals surface area contributed by atoms with Gasteiger partial charge in [-0.05, 0) is 51.8 Å². The van der Waals surface area contributed by atoms with Crippen LogP contribution in [0.2, 0.25) is 0 Å². The SMILES string of the molecule is CC(C)(C)[S+]([O-])N[C@]1(CS(=O)(=O)C(C)(C)C#N)COCc2ccc([N+](=O)[O-])cc21. The molecule has 0 saturated heterocycles. The van der Waals surface area contributed by atoms with Crippen LogP contribution in [0.25, 0.3) is 0 Å². The van der Waals surface area contributed by atoms with E-state index in [1.165, 1.54) is 32.0 Å². The fraction of sp³-hybridized carbons (Fsp3) is 0.611. The van der Waals surface area contributed by atoms with Crippen LogP contribution in [0.4, 0.5) is 5.69 Å². The van der Waals surface area contributed by atoms with Crippen LogP contribution in [0.1, 0.15) is 45.7 Å². The summed E-state index contributed by atoms with van der Waals surface area (Å²) in [6, 6.07) is 5.89. The topological polar surface area (TPSA) is 145 Å². The van der Waals surface area contributed by atoms with Crippen molar-refractivity contribution in [3.8, 4) is 6.07 Å². The zero-order valence-corrected chi connectivity index (χ0v) is 18.6. The van der Waals surface area contributed by atoms with Gasteiger partial charge in [0.15, 0.2) is 14.6 Å². The lowest BCUT2D eigenvalue weighted by Crippen LogP contribution is -2.59. The first-order valence-electron chi connectivity index (χ1n) is 8.84. The fourth-order valence-corrected chi connectivity index (χ4v) is 5.25. The molecule has 2 atom stereocenters. The zero-order valence-electron chi connectivity index (χ0n) is 17.0. The van der Waals surface area contributed by atoms with Gasteiger partial charge >= 0.3 is 0 Å². The molecule has 1 aliphatic heterocycles. The third-order valence-electron chi connectivity index (χ3n) is 4.75. The van der Waals surface area contributed by atoms with Gasteiger partial charge in [-0.2, -0.15) is 5.26 Å². The summed E-state index contributed by atoms with van der Waals surface area (Å²) in [5.41, 5.74) is -0.821. The molecule has 1 N–H and O–H groups in total. The Morgan fingerprint density at radius 1 is 1.34 bits per heavy atom. The average Bonchev–Trinajstić information content (AvgIpc) is 2.60. The Kier molecular flexibility index (Phi) is 6.38. The summed E-state index contributed by atoms with van der Waals surface area (Å²) in [4.78, 5) is 10.7. The summed E-state index contributed by atoms with van der Waals surface area (Å²) < 4.78 is 45.1. The van der Waals surface area contributed by atoms with Gasteiger partial charge in [0.25, 0.3) is 5.69 Å². The molecule has 0 saturated carbocycles. The van der Waals surface area contributed by atoms with Crippen molar-refractivity contribution in [2.45, 2.75) is 56.3 Å². The average molecular weight is 444 g/mol. The number of benzene rings is 1. The molecule has 0 aromatic heterocycles. The van der Waals surface area contributed by atoms with Crippen LogP contribution in [-0.2, 0) is 38.1 Å². The van der Waals surface area contributed by atoms with Crippen molar-refractivity contribution in [1.82, 2.24) is 4.72 Å². The molecular formula is C18H25N3O6S2. The van der Waals surface area contributed by atoms with Gasteiger partial charge < -0.3 is 9.29 Å². The van der Waals surface area contributed by atoms with Crippen molar-refractivity contribution in [1.29, 1.82) is 5.26 Å². The second-order valence-electron chi connectivity index (χ2n) is 8.54. The van der Waals surface area contributed by atoms with E-state index in [9.17, 15) is 28.3 Å². The number of nitro benzene ring substituents is 1. The Bertz CT molecular complexity index is 949. The monoisotopic (exact) mass is 443 g/mol. The minimum Gasteiger partial charge on any atom is -0.598 e. The first-order chi connectivity index (χ1) is 13.2. The number of ether oxygens (including phenoxy) is 1. The van der Waals surface area contributed by atoms with Gasteiger partial charge in [-0.25, -0.2) is 8.42 Å². The van der Waals surface area contributed by atoms with Crippen molar-refractivity contribution in [2.75, 3.05) is 12.4 Å². The van der Waals surface area contributed by atoms with Crippen molar-refractivity contribution in [3.63, 3.8) is 0 Å². The van der Waals surface area contributed by atoms with Crippen molar-refractivity contribution in [2.24, 2.45) is 0 Å². The van der Waals surface area contributed by atoms with Gasteiger partial charge in [-0.1, -0.05) is 0 Å². The van der Waals surface area contributed by atoms with E-state index < -0.39 is 46.9 Å². The van der Waals surface area contributed by atoms with Crippen LogP contribution < -0.4 is 4.72 Å². The van der Waals surface area contributed by atoms with Gasteiger partial charge in [0, 0.05) is 23.5 Å². The minimum absolute atomic E-state index is 0.139. The zero-order chi connectivity index (χ0) is 22.3. The van der Waals surface area contributed by atoms with Crippen molar-refractivity contribution < 1.29 is 22.6 Å². The summed E-state index contributed by atoms with van der Waals surface area (Å²) in [5.74, 6) is -0.601. The lowest BCUT2D eigenvalue weighted by atomic mass is 9.87. The molecule has 11 heteroatoms. The molecular weight excluding hydrogens is 418 g/mol. The van der Waals surface area contributed by atoms with E-state index >= 15 is 0 Å². The van der Waals surface area contributed by atoms with Gasteiger partial charge in [-0.3, -0.25) is 10.1 Å². The number of hydrogen-bond acceptors (Lipinski definition) is 8. The van der Waals surface area contributed by atoms with Gasteiger partial charge in [0.05, 0.1) is 30.0 Å². The maximum absolute atomic E-state index is 13.1. The molecule has 160 valence electrons. The van der Waals surface area contributed by atoms with Gasteiger partial charge in [-0.15, -0.1) is 4.72 Å². The molecule has 1 unspecified atom stereocenters. The van der Waals surface area contributed by atoms with E-state index in [0.29, 0.717) is 11.1 Å². The second-order valence-corrected chi connectivity index (χ2v) is 13.0. The number of nitrogens with zero attached hydrogens (tertiary/aromatic N) is 2. The van der Waals surface area contributed by atoms with Gasteiger partial charge in [0.1, 0.15) is 10.3 Å². The third-order valence-corrected chi connectivity index (χ3v) is 8.96. The van der Waals surface area contributed by atoms with E-state index in [0.717, 1.165) is 0 Å². The summed E-state index contributed by atoms with van der Waals surface area (Å²) in [7, 11) is -4.04. The predicted molar refractivity (Wildman–Crippen MR) is 109 cm³/mol. The lowest BCUT2D eigenvalue weighted by Gasteiger charge is -2.41. The fourth-order valence-electron chi connectivity index (χ4n) is 2.80. The normalized spacial score (nSPS) is 21.1. The summed E-state index contributed by atoms with van der Waals surface area (Å²) >= 11 is -1.71. The molecule has 0 radical (unpaired) electrons. The third kappa shape index (κ3) is 4.73. The number of rotatable bonds is 6. The first kappa shape index (κ1) is 23.6. The highest BCUT2D eigenvalue weighted by atomic mass is 32.2. The molecule has 0 spiro atoms. The molecule has 1 aromatic carbocycles. The quantitative estimate of drug-likeness (QED) is 0.399. The first-order valence-corrected chi connectivity index (χ1v) is 11.6. The number of nitriles is 1. The summed E-state index contributed by atoms with van der Waals surface area (Å²) in [6.45, 7) is 7.70. The van der Waals surface area contributed by atoms with E-state index in [2.05, 4.69) is 4.72 Å². The van der Waals surface area contributed by atoms with Crippen molar-refractivity contribution in [3.05, 3.63) is 39.4 Å². The number of non-ortho nitro benzene ring substituents is 1. The molecule has 29 heavy (non-hydrogen) atoms. The maximum atomic E-state index is 13.1. The maximum Gasteiger partial charge on any atom is 0.269 e. The Hall–Kier alpha value is -1.71. The van der Waals surface area contributed by atoms with Crippen LogP contribution in [0.3, 0.4) is 0 Å². The number of sulfone groups is 1. The smallest absolute Gasteiger partial charge is 0.269 e. The number of hydrogen-bond donors (Lipinski definition) is 1. The van der Waals surface area contributed by atoms with Crippen molar-refractivity contribution >= 4 is 26.9 Å². The number of fused-ring (bicyclic) bond motifs is 1. The molecule has 0 amide bonds. The molecule has 9 nitrogen and oxygen atoms in total. The Morgan fingerprint density at radius 2 is 1.97 bits per heavy atom. The number of nitrogens with one attached hydrogen (secondary N) is 1. The van der Waals surface area contributed by atoms with E-state index in [4.69, 9.17) is 4.74 Å². The Balaban J connectivity index is 2.70. The molecule has 2 rings (SSSR count). The van der Waals surface area contributed by atoms with E-state index in [1.54, 1.807) is 26.8 Å². The highest BCUT2D eigenvalue weighted by molar-refractivity contribution is 7.93. The van der Waals surface area contributed by atoms with Crippen LogP contribution in [-0.4, -0.2) is 39.7 Å². The van der Waals surface area contributed by atoms with Crippen LogP contribution >= 0.6 is 0 Å². The van der Waals surface area contributed by atoms with Crippen LogP contribution in [0.15, 0.2) is 18.2 Å². The minimum atomic E-state index is -4.04. The summed E-state index contributed by atoms with van der Waals surface area (Å²) in [6.07, 6.45) is 0. The molecule has 1 heterocycles. The molecule has 0 fully saturated rings. The highest BCUT2D eigenvalue weighted by Gasteiger charge is 2.50. The molecule has 0 bridgehead atoms. The van der Waals surface area contributed by atoms with E-state index in [1.807, 2.05) is 0 Å². The Morgan fingerprint density at radius 3 is 2.48 bits per heavy atom. The molecule has 1 aliphatic rings. The van der Waals surface area contributed by atoms with Gasteiger partial charge in [0.2, 0.25) is 0 Å². The molecule has 1 aromatic rings. The standard InChI is InChI=1S/C18H25N3O6S2/c1-16(2,3)28(24)20-18(12-29(25,26)17(4,5)10-19)11-27-9-13-6-7-14(21(22)23)8-15(13)18/h6-8,20H,9,11-12H2,1-5H3/t18-,28?/m0/s1. The second kappa shape index (κ2) is 7.85. The predicted octanol–water partition coefficient (Wildman–Crippen LogP) is 2.09. The Labute approximate surface area is 173 Å².